The summed E-state index contributed by atoms with van der Waals surface area (Å²) in [5.41, 5.74) is 4.73. The lowest BCUT2D eigenvalue weighted by Gasteiger charge is -2.29. The Morgan fingerprint density at radius 1 is 0.870 bits per heavy atom. The van der Waals surface area contributed by atoms with Gasteiger partial charge in [-0.2, -0.15) is 0 Å². The molecule has 0 radical (unpaired) electrons. The third-order valence-electron chi connectivity index (χ3n) is 5.95. The summed E-state index contributed by atoms with van der Waals surface area (Å²) in [7, 11) is 0. The molecule has 0 nitrogen and oxygen atoms in total. The maximum absolute atomic E-state index is 2.50. The molecule has 1 fully saturated rings. The number of aryl methyl sites for hydroxylation is 2. The molecule has 0 N–H and O–H groups in total. The summed E-state index contributed by atoms with van der Waals surface area (Å²) in [4.78, 5) is 0. The Labute approximate surface area is 145 Å². The van der Waals surface area contributed by atoms with E-state index in [2.05, 4.69) is 39.0 Å². The largest absolute Gasteiger partial charge is 0.0654 e. The van der Waals surface area contributed by atoms with Crippen LogP contribution < -0.4 is 0 Å². The number of hydrogen-bond acceptors (Lipinski definition) is 0. The highest BCUT2D eigenvalue weighted by Gasteiger charge is 2.22. The van der Waals surface area contributed by atoms with E-state index in [1.807, 2.05) is 0 Å². The van der Waals surface area contributed by atoms with E-state index in [9.17, 15) is 0 Å². The van der Waals surface area contributed by atoms with Crippen LogP contribution in [-0.2, 0) is 6.42 Å². The molecule has 23 heavy (non-hydrogen) atoms. The molecule has 0 saturated heterocycles. The summed E-state index contributed by atoms with van der Waals surface area (Å²) >= 11 is 0. The fourth-order valence-electron chi connectivity index (χ4n) is 4.29. The van der Waals surface area contributed by atoms with Crippen molar-refractivity contribution in [3.63, 3.8) is 0 Å². The Bertz CT molecular complexity index is 437. The van der Waals surface area contributed by atoms with Gasteiger partial charge in [0.25, 0.3) is 0 Å². The van der Waals surface area contributed by atoms with Gasteiger partial charge in [0, 0.05) is 0 Å². The van der Waals surface area contributed by atoms with Crippen molar-refractivity contribution >= 4 is 0 Å². The minimum atomic E-state index is 0.834. The SMILES string of the molecule is CCCCCc1ccc(C2CCC(CCCCC)CC2)cc1C. The topological polar surface area (TPSA) is 0 Å². The maximum Gasteiger partial charge on any atom is -0.0162 e. The van der Waals surface area contributed by atoms with E-state index >= 15 is 0 Å². The Kier molecular flexibility index (Phi) is 8.20. The lowest BCUT2D eigenvalue weighted by molar-refractivity contribution is 0.302. The Morgan fingerprint density at radius 3 is 2.22 bits per heavy atom. The lowest BCUT2D eigenvalue weighted by atomic mass is 9.76. The van der Waals surface area contributed by atoms with E-state index in [-0.39, 0.29) is 0 Å². The molecule has 1 saturated carbocycles. The molecule has 0 heterocycles. The van der Waals surface area contributed by atoms with Crippen LogP contribution in [-0.4, -0.2) is 0 Å². The second-order valence-corrected chi connectivity index (χ2v) is 7.86. The molecular formula is C23H38. The van der Waals surface area contributed by atoms with E-state index < -0.39 is 0 Å². The van der Waals surface area contributed by atoms with E-state index in [4.69, 9.17) is 0 Å². The number of hydrogen-bond donors (Lipinski definition) is 0. The van der Waals surface area contributed by atoms with Crippen LogP contribution in [0.4, 0.5) is 0 Å². The van der Waals surface area contributed by atoms with Crippen molar-refractivity contribution in [2.75, 3.05) is 0 Å². The van der Waals surface area contributed by atoms with Crippen molar-refractivity contribution in [1.29, 1.82) is 0 Å². The van der Waals surface area contributed by atoms with Gasteiger partial charge in [-0.25, -0.2) is 0 Å². The molecule has 1 aliphatic carbocycles. The zero-order valence-corrected chi connectivity index (χ0v) is 15.9. The lowest BCUT2D eigenvalue weighted by Crippen LogP contribution is -2.13. The van der Waals surface area contributed by atoms with E-state index in [1.165, 1.54) is 82.6 Å². The normalized spacial score (nSPS) is 21.5. The second-order valence-electron chi connectivity index (χ2n) is 7.86. The molecule has 1 aliphatic rings. The van der Waals surface area contributed by atoms with Gasteiger partial charge in [0.2, 0.25) is 0 Å². The van der Waals surface area contributed by atoms with Gasteiger partial charge in [-0.1, -0.05) is 70.6 Å². The van der Waals surface area contributed by atoms with Crippen molar-refractivity contribution in [1.82, 2.24) is 0 Å². The van der Waals surface area contributed by atoms with Crippen LogP contribution in [0.1, 0.15) is 107 Å². The smallest absolute Gasteiger partial charge is 0.0162 e. The third kappa shape index (κ3) is 5.98. The van der Waals surface area contributed by atoms with Gasteiger partial charge in [0.15, 0.2) is 0 Å². The monoisotopic (exact) mass is 314 g/mol. The Morgan fingerprint density at radius 2 is 1.57 bits per heavy atom. The summed E-state index contributed by atoms with van der Waals surface area (Å²) in [6.45, 7) is 6.92. The first-order valence-corrected chi connectivity index (χ1v) is 10.3. The van der Waals surface area contributed by atoms with Crippen LogP contribution in [0.3, 0.4) is 0 Å². The van der Waals surface area contributed by atoms with Crippen molar-refractivity contribution in [2.24, 2.45) is 5.92 Å². The number of benzene rings is 1. The zero-order chi connectivity index (χ0) is 16.5. The number of rotatable bonds is 9. The van der Waals surface area contributed by atoms with Crippen LogP contribution in [0.2, 0.25) is 0 Å². The molecule has 0 unspecified atom stereocenters. The fourth-order valence-corrected chi connectivity index (χ4v) is 4.29. The van der Waals surface area contributed by atoms with Gasteiger partial charge in [0.05, 0.1) is 0 Å². The third-order valence-corrected chi connectivity index (χ3v) is 5.95. The predicted molar refractivity (Wildman–Crippen MR) is 103 cm³/mol. The highest BCUT2D eigenvalue weighted by Crippen LogP contribution is 2.38. The van der Waals surface area contributed by atoms with Gasteiger partial charge < -0.3 is 0 Å². The van der Waals surface area contributed by atoms with Crippen LogP contribution in [0.5, 0.6) is 0 Å². The van der Waals surface area contributed by atoms with E-state index in [1.54, 1.807) is 11.1 Å². The molecule has 0 heteroatoms. The molecule has 0 bridgehead atoms. The Hall–Kier alpha value is -0.780. The van der Waals surface area contributed by atoms with Gasteiger partial charge in [-0.05, 0) is 74.0 Å². The molecule has 0 amide bonds. The maximum atomic E-state index is 2.50. The first-order valence-electron chi connectivity index (χ1n) is 10.3. The highest BCUT2D eigenvalue weighted by molar-refractivity contribution is 5.33. The molecule has 1 aromatic carbocycles. The quantitative estimate of drug-likeness (QED) is 0.412. The summed E-state index contributed by atoms with van der Waals surface area (Å²) in [5, 5.41) is 0. The minimum absolute atomic E-state index is 0.834. The zero-order valence-electron chi connectivity index (χ0n) is 15.9. The molecule has 0 aromatic heterocycles. The minimum Gasteiger partial charge on any atom is -0.0654 e. The van der Waals surface area contributed by atoms with Crippen LogP contribution >= 0.6 is 0 Å². The summed E-state index contributed by atoms with van der Waals surface area (Å²) in [6, 6.07) is 7.37. The molecule has 2 rings (SSSR count). The first kappa shape index (κ1) is 18.6. The summed E-state index contributed by atoms with van der Waals surface area (Å²) in [6.07, 6.45) is 16.8. The summed E-state index contributed by atoms with van der Waals surface area (Å²) in [5.74, 6) is 1.85. The second kappa shape index (κ2) is 10.2. The van der Waals surface area contributed by atoms with Gasteiger partial charge in [-0.3, -0.25) is 0 Å². The molecule has 130 valence electrons. The standard InChI is InChI=1S/C23H38/c1-4-6-8-10-20-12-14-22(15-13-20)23-17-16-21(19(3)18-23)11-9-7-5-2/h16-18,20,22H,4-15H2,1-3H3. The van der Waals surface area contributed by atoms with E-state index in [0.29, 0.717) is 0 Å². The van der Waals surface area contributed by atoms with Gasteiger partial charge >= 0.3 is 0 Å². The van der Waals surface area contributed by atoms with Crippen LogP contribution in [0.15, 0.2) is 18.2 Å². The van der Waals surface area contributed by atoms with Gasteiger partial charge in [0.1, 0.15) is 0 Å². The molecule has 0 aliphatic heterocycles. The molecule has 0 atom stereocenters. The molecular weight excluding hydrogens is 276 g/mol. The number of unbranched alkanes of at least 4 members (excludes halogenated alkanes) is 4. The molecule has 1 aromatic rings. The first-order chi connectivity index (χ1) is 11.2. The average Bonchev–Trinajstić information content (AvgIpc) is 2.57. The van der Waals surface area contributed by atoms with Crippen LogP contribution in [0.25, 0.3) is 0 Å². The van der Waals surface area contributed by atoms with Gasteiger partial charge in [-0.15, -0.1) is 0 Å². The van der Waals surface area contributed by atoms with Crippen molar-refractivity contribution in [3.8, 4) is 0 Å². The van der Waals surface area contributed by atoms with E-state index in [0.717, 1.165) is 11.8 Å². The predicted octanol–water partition coefficient (Wildman–Crippen LogP) is 7.58. The van der Waals surface area contributed by atoms with Crippen LogP contribution in [0, 0.1) is 12.8 Å². The van der Waals surface area contributed by atoms with Crippen molar-refractivity contribution < 1.29 is 0 Å². The van der Waals surface area contributed by atoms with Crippen molar-refractivity contribution in [3.05, 3.63) is 34.9 Å². The average molecular weight is 315 g/mol. The Balaban J connectivity index is 1.82. The summed E-state index contributed by atoms with van der Waals surface area (Å²) < 4.78 is 0. The molecule has 0 spiro atoms. The highest BCUT2D eigenvalue weighted by atomic mass is 14.3. The fraction of sp³-hybridized carbons (Fsp3) is 0.739. The van der Waals surface area contributed by atoms with Crippen molar-refractivity contribution in [2.45, 2.75) is 104 Å².